The number of piperazine rings is 1. The lowest BCUT2D eigenvalue weighted by Crippen LogP contribution is -2.42. The van der Waals surface area contributed by atoms with Crippen LogP contribution >= 0.6 is 0 Å². The van der Waals surface area contributed by atoms with E-state index in [1.54, 1.807) is 24.5 Å². The van der Waals surface area contributed by atoms with Gasteiger partial charge in [0.15, 0.2) is 5.58 Å². The largest absolute Gasteiger partial charge is 0.436 e. The lowest BCUT2D eigenvalue weighted by molar-refractivity contribution is 0.102. The zero-order chi connectivity index (χ0) is 21.0. The van der Waals surface area contributed by atoms with Crippen LogP contribution in [0.3, 0.4) is 0 Å². The van der Waals surface area contributed by atoms with Crippen LogP contribution < -0.4 is 10.6 Å². The summed E-state index contributed by atoms with van der Waals surface area (Å²) in [4.78, 5) is 23.9. The number of nitrogens with zero attached hydrogens (tertiary/aromatic N) is 3. The van der Waals surface area contributed by atoms with E-state index in [1.807, 2.05) is 36.4 Å². The minimum atomic E-state index is -0.226. The molecule has 7 heteroatoms. The Bertz CT molecular complexity index is 1200. The Morgan fingerprint density at radius 3 is 2.77 bits per heavy atom. The predicted molar refractivity (Wildman–Crippen MR) is 120 cm³/mol. The molecule has 0 aliphatic carbocycles. The van der Waals surface area contributed by atoms with E-state index in [2.05, 4.69) is 26.6 Å². The molecule has 156 valence electrons. The maximum Gasteiger partial charge on any atom is 0.257 e. The Morgan fingerprint density at radius 2 is 1.94 bits per heavy atom. The van der Waals surface area contributed by atoms with Crippen LogP contribution in [0.2, 0.25) is 0 Å². The minimum absolute atomic E-state index is 0.226. The molecular formula is C24H23N5O2. The summed E-state index contributed by atoms with van der Waals surface area (Å²) >= 11 is 0. The average molecular weight is 413 g/mol. The molecule has 7 nitrogen and oxygen atoms in total. The Hall–Kier alpha value is -3.55. The Balaban J connectivity index is 1.46. The number of fused-ring (bicyclic) bond motifs is 1. The number of para-hydroxylation sites is 2. The molecule has 2 aromatic carbocycles. The highest BCUT2D eigenvalue weighted by atomic mass is 16.3. The normalized spacial score (nSPS) is 14.6. The van der Waals surface area contributed by atoms with Crippen molar-refractivity contribution in [2.45, 2.75) is 6.54 Å². The smallest absolute Gasteiger partial charge is 0.257 e. The monoisotopic (exact) mass is 413 g/mol. The minimum Gasteiger partial charge on any atom is -0.436 e. The molecule has 31 heavy (non-hydrogen) atoms. The van der Waals surface area contributed by atoms with Gasteiger partial charge >= 0.3 is 0 Å². The van der Waals surface area contributed by atoms with Crippen molar-refractivity contribution in [3.63, 3.8) is 0 Å². The van der Waals surface area contributed by atoms with Crippen molar-refractivity contribution in [2.24, 2.45) is 0 Å². The van der Waals surface area contributed by atoms with Gasteiger partial charge in [-0.25, -0.2) is 4.98 Å². The van der Waals surface area contributed by atoms with Crippen LogP contribution in [0.25, 0.3) is 22.6 Å². The number of anilines is 1. The summed E-state index contributed by atoms with van der Waals surface area (Å²) in [6.45, 7) is 4.88. The molecule has 0 spiro atoms. The Morgan fingerprint density at radius 1 is 1.06 bits per heavy atom. The van der Waals surface area contributed by atoms with E-state index in [1.165, 1.54) is 0 Å². The number of pyridine rings is 1. The molecule has 0 unspecified atom stereocenters. The van der Waals surface area contributed by atoms with E-state index < -0.39 is 0 Å². The molecule has 4 aromatic rings. The van der Waals surface area contributed by atoms with Gasteiger partial charge in [-0.15, -0.1) is 0 Å². The van der Waals surface area contributed by atoms with Crippen molar-refractivity contribution in [1.29, 1.82) is 0 Å². The highest BCUT2D eigenvalue weighted by Gasteiger charge is 2.18. The van der Waals surface area contributed by atoms with Crippen LogP contribution in [-0.4, -0.2) is 47.0 Å². The number of oxazole rings is 1. The first-order valence-corrected chi connectivity index (χ1v) is 10.4. The van der Waals surface area contributed by atoms with Crippen LogP contribution in [0, 0.1) is 0 Å². The van der Waals surface area contributed by atoms with E-state index in [0.717, 1.165) is 55.0 Å². The highest BCUT2D eigenvalue weighted by molar-refractivity contribution is 6.05. The number of carbonyl (C=O) groups is 1. The van der Waals surface area contributed by atoms with Gasteiger partial charge in [-0.2, -0.15) is 0 Å². The van der Waals surface area contributed by atoms with Crippen LogP contribution in [0.5, 0.6) is 0 Å². The Labute approximate surface area is 180 Å². The van der Waals surface area contributed by atoms with Gasteiger partial charge in [0.2, 0.25) is 5.89 Å². The van der Waals surface area contributed by atoms with Crippen molar-refractivity contribution in [2.75, 3.05) is 31.5 Å². The fourth-order valence-electron chi connectivity index (χ4n) is 3.83. The standard InChI is InChI=1S/C24H23N5O2/c30-23(17-6-4-10-26-15-17)27-20-8-2-1-7-19(20)24-28-22-18(5-3-9-21(22)31-24)16-29-13-11-25-12-14-29/h1-10,15,25H,11-14,16H2,(H,27,30). The molecule has 2 N–H and O–H groups in total. The third kappa shape index (κ3) is 4.19. The molecule has 1 aliphatic heterocycles. The molecule has 1 saturated heterocycles. The zero-order valence-electron chi connectivity index (χ0n) is 17.0. The van der Waals surface area contributed by atoms with Crippen molar-refractivity contribution >= 4 is 22.7 Å². The zero-order valence-corrected chi connectivity index (χ0v) is 17.0. The van der Waals surface area contributed by atoms with Gasteiger partial charge in [-0.05, 0) is 35.9 Å². The molecule has 1 aliphatic rings. The van der Waals surface area contributed by atoms with Crippen LogP contribution in [0.15, 0.2) is 71.4 Å². The van der Waals surface area contributed by atoms with Crippen molar-refractivity contribution in [1.82, 2.24) is 20.2 Å². The van der Waals surface area contributed by atoms with Crippen molar-refractivity contribution in [3.05, 3.63) is 78.1 Å². The topological polar surface area (TPSA) is 83.3 Å². The van der Waals surface area contributed by atoms with E-state index in [0.29, 0.717) is 17.1 Å². The number of hydrogen-bond donors (Lipinski definition) is 2. The third-order valence-corrected chi connectivity index (χ3v) is 5.44. The average Bonchev–Trinajstić information content (AvgIpc) is 3.26. The number of amides is 1. The molecular weight excluding hydrogens is 390 g/mol. The van der Waals surface area contributed by atoms with Crippen molar-refractivity contribution < 1.29 is 9.21 Å². The third-order valence-electron chi connectivity index (χ3n) is 5.44. The van der Waals surface area contributed by atoms with Gasteiger partial charge in [0.1, 0.15) is 5.52 Å². The summed E-state index contributed by atoms with van der Waals surface area (Å²) in [6.07, 6.45) is 3.18. The molecule has 2 aromatic heterocycles. The number of hydrogen-bond acceptors (Lipinski definition) is 6. The summed E-state index contributed by atoms with van der Waals surface area (Å²) in [5.74, 6) is 0.265. The fourth-order valence-corrected chi connectivity index (χ4v) is 3.83. The summed E-state index contributed by atoms with van der Waals surface area (Å²) in [6, 6.07) is 17.0. The fraction of sp³-hybridized carbons (Fsp3) is 0.208. The maximum absolute atomic E-state index is 12.6. The highest BCUT2D eigenvalue weighted by Crippen LogP contribution is 2.31. The second-order valence-corrected chi connectivity index (χ2v) is 7.55. The van der Waals surface area contributed by atoms with Gasteiger partial charge < -0.3 is 15.1 Å². The van der Waals surface area contributed by atoms with E-state index in [-0.39, 0.29) is 5.91 Å². The van der Waals surface area contributed by atoms with Crippen LogP contribution in [0.4, 0.5) is 5.69 Å². The number of nitrogens with one attached hydrogen (secondary N) is 2. The first-order chi connectivity index (χ1) is 15.3. The lowest BCUT2D eigenvalue weighted by Gasteiger charge is -2.27. The predicted octanol–water partition coefficient (Wildman–Crippen LogP) is 3.55. The van der Waals surface area contributed by atoms with E-state index >= 15 is 0 Å². The quantitative estimate of drug-likeness (QED) is 0.521. The molecule has 3 heterocycles. The summed E-state index contributed by atoms with van der Waals surface area (Å²) in [7, 11) is 0. The van der Waals surface area contributed by atoms with E-state index in [4.69, 9.17) is 9.40 Å². The molecule has 5 rings (SSSR count). The van der Waals surface area contributed by atoms with Gasteiger partial charge in [0, 0.05) is 45.1 Å². The first-order valence-electron chi connectivity index (χ1n) is 10.4. The molecule has 0 saturated carbocycles. The van der Waals surface area contributed by atoms with Crippen LogP contribution in [-0.2, 0) is 6.54 Å². The molecule has 0 atom stereocenters. The molecule has 0 radical (unpaired) electrons. The van der Waals surface area contributed by atoms with Gasteiger partial charge in [0.25, 0.3) is 5.91 Å². The lowest BCUT2D eigenvalue weighted by atomic mass is 10.1. The summed E-state index contributed by atoms with van der Waals surface area (Å²) in [5.41, 5.74) is 4.63. The maximum atomic E-state index is 12.6. The second kappa shape index (κ2) is 8.67. The first kappa shape index (κ1) is 19.4. The van der Waals surface area contributed by atoms with Crippen molar-refractivity contribution in [3.8, 4) is 11.5 Å². The summed E-state index contributed by atoms with van der Waals surface area (Å²) < 4.78 is 6.11. The van der Waals surface area contributed by atoms with E-state index in [9.17, 15) is 4.79 Å². The Kier molecular flexibility index (Phi) is 5.43. The van der Waals surface area contributed by atoms with Gasteiger partial charge in [-0.1, -0.05) is 24.3 Å². The SMILES string of the molecule is O=C(Nc1ccccc1-c1nc2c(CN3CCNCC3)cccc2o1)c1cccnc1. The number of aromatic nitrogens is 2. The number of benzene rings is 2. The van der Waals surface area contributed by atoms with Crippen LogP contribution in [0.1, 0.15) is 15.9 Å². The number of carbonyl (C=O) groups excluding carboxylic acids is 1. The molecule has 1 amide bonds. The summed E-state index contributed by atoms with van der Waals surface area (Å²) in [5, 5.41) is 6.34. The molecule has 0 bridgehead atoms. The van der Waals surface area contributed by atoms with Gasteiger partial charge in [-0.3, -0.25) is 14.7 Å². The number of rotatable bonds is 5. The van der Waals surface area contributed by atoms with Gasteiger partial charge in [0.05, 0.1) is 16.8 Å². The second-order valence-electron chi connectivity index (χ2n) is 7.55. The molecule has 1 fully saturated rings.